The van der Waals surface area contributed by atoms with Gasteiger partial charge in [-0.2, -0.15) is 0 Å². The van der Waals surface area contributed by atoms with E-state index in [0.717, 1.165) is 12.8 Å². The van der Waals surface area contributed by atoms with E-state index in [-0.39, 0.29) is 11.8 Å². The van der Waals surface area contributed by atoms with Crippen LogP contribution < -0.4 is 5.32 Å². The van der Waals surface area contributed by atoms with Crippen molar-refractivity contribution < 1.29 is 14.5 Å². The van der Waals surface area contributed by atoms with Crippen LogP contribution in [0.15, 0.2) is 24.3 Å². The number of ether oxygens (including phenoxy) is 1. The summed E-state index contributed by atoms with van der Waals surface area (Å²) in [7, 11) is 0. The lowest BCUT2D eigenvalue weighted by Crippen LogP contribution is -2.38. The van der Waals surface area contributed by atoms with Gasteiger partial charge in [0.25, 0.3) is 5.69 Å². The molecule has 0 heterocycles. The summed E-state index contributed by atoms with van der Waals surface area (Å²) in [5.41, 5.74) is 0.273. The minimum absolute atomic E-state index is 0.0449. The van der Waals surface area contributed by atoms with Gasteiger partial charge in [0.1, 0.15) is 6.10 Å². The van der Waals surface area contributed by atoms with Gasteiger partial charge in [-0.15, -0.1) is 0 Å². The fraction of sp³-hybridized carbons (Fsp3) is 0.632. The van der Waals surface area contributed by atoms with Crippen LogP contribution in [0.2, 0.25) is 0 Å². The number of carbonyl (C=O) groups is 1. The van der Waals surface area contributed by atoms with E-state index >= 15 is 0 Å². The third-order valence-corrected chi connectivity index (χ3v) is 3.83. The summed E-state index contributed by atoms with van der Waals surface area (Å²) < 4.78 is 5.43. The van der Waals surface area contributed by atoms with Crippen LogP contribution in [-0.2, 0) is 4.74 Å². The van der Waals surface area contributed by atoms with Crippen molar-refractivity contribution in [2.24, 2.45) is 11.8 Å². The second-order valence-electron chi connectivity index (χ2n) is 7.38. The highest BCUT2D eigenvalue weighted by atomic mass is 16.6. The van der Waals surface area contributed by atoms with E-state index in [9.17, 15) is 14.9 Å². The number of nitrogens with one attached hydrogen (secondary N) is 1. The molecule has 0 fully saturated rings. The quantitative estimate of drug-likeness (QED) is 0.389. The van der Waals surface area contributed by atoms with Crippen LogP contribution in [0, 0.1) is 22.0 Å². The molecule has 0 aliphatic heterocycles. The van der Waals surface area contributed by atoms with Crippen molar-refractivity contribution in [1.82, 2.24) is 5.32 Å². The minimum atomic E-state index is -0.495. The first-order valence-electron chi connectivity index (χ1n) is 8.87. The van der Waals surface area contributed by atoms with E-state index in [0.29, 0.717) is 30.0 Å². The summed E-state index contributed by atoms with van der Waals surface area (Å²) in [4.78, 5) is 22.3. The number of nitrogens with zero attached hydrogens (tertiary/aromatic N) is 1. The van der Waals surface area contributed by atoms with Crippen molar-refractivity contribution >= 4 is 11.7 Å². The molecule has 6 heteroatoms. The van der Waals surface area contributed by atoms with E-state index in [2.05, 4.69) is 33.0 Å². The molecule has 1 aromatic carbocycles. The fourth-order valence-corrected chi connectivity index (χ4v) is 2.75. The second-order valence-corrected chi connectivity index (χ2v) is 7.38. The number of non-ortho nitro benzene ring substituents is 1. The highest BCUT2D eigenvalue weighted by Crippen LogP contribution is 2.15. The van der Waals surface area contributed by atoms with E-state index in [1.165, 1.54) is 24.3 Å². The molecule has 0 saturated heterocycles. The first-order valence-corrected chi connectivity index (χ1v) is 8.87. The number of carbonyl (C=O) groups excluding carboxylic acids is 1. The zero-order valence-corrected chi connectivity index (χ0v) is 15.8. The average molecular weight is 350 g/mol. The van der Waals surface area contributed by atoms with Gasteiger partial charge in [-0.25, -0.2) is 4.79 Å². The number of nitro benzene ring substituents is 1. The maximum atomic E-state index is 12.1. The number of nitro groups is 1. The van der Waals surface area contributed by atoms with Gasteiger partial charge in [0.2, 0.25) is 0 Å². The Balaban J connectivity index is 2.52. The SMILES string of the molecule is CC(C)CC(CC(C)C)NC[C@@H](C)OC(=O)c1ccc([N+](=O)[O-])cc1. The summed E-state index contributed by atoms with van der Waals surface area (Å²) in [5.74, 6) is 0.747. The Bertz CT molecular complexity index is 545. The Morgan fingerprint density at radius 3 is 2.04 bits per heavy atom. The van der Waals surface area contributed by atoms with Crippen molar-refractivity contribution in [3.8, 4) is 0 Å². The maximum Gasteiger partial charge on any atom is 0.338 e. The van der Waals surface area contributed by atoms with Gasteiger partial charge < -0.3 is 10.1 Å². The molecule has 1 aromatic rings. The standard InChI is InChI=1S/C19H30N2O4/c1-13(2)10-17(11-14(3)4)20-12-15(5)25-19(22)16-6-8-18(9-7-16)21(23)24/h6-9,13-15,17,20H,10-12H2,1-5H3/t15-/m1/s1. The Hall–Kier alpha value is -1.95. The molecule has 0 bridgehead atoms. The number of benzene rings is 1. The minimum Gasteiger partial charge on any atom is -0.458 e. The van der Waals surface area contributed by atoms with Gasteiger partial charge in [0, 0.05) is 24.7 Å². The number of hydrogen-bond donors (Lipinski definition) is 1. The largest absolute Gasteiger partial charge is 0.458 e. The average Bonchev–Trinajstić information content (AvgIpc) is 2.51. The van der Waals surface area contributed by atoms with Gasteiger partial charge in [0.05, 0.1) is 10.5 Å². The topological polar surface area (TPSA) is 81.5 Å². The number of rotatable bonds is 10. The molecule has 1 atom stereocenters. The van der Waals surface area contributed by atoms with Gasteiger partial charge in [-0.3, -0.25) is 10.1 Å². The van der Waals surface area contributed by atoms with Crippen LogP contribution in [0.1, 0.15) is 57.8 Å². The molecule has 0 spiro atoms. The second kappa shape index (κ2) is 10.1. The van der Waals surface area contributed by atoms with Crippen LogP contribution in [0.5, 0.6) is 0 Å². The van der Waals surface area contributed by atoms with Crippen molar-refractivity contribution in [3.05, 3.63) is 39.9 Å². The third-order valence-electron chi connectivity index (χ3n) is 3.83. The van der Waals surface area contributed by atoms with Crippen LogP contribution in [0.4, 0.5) is 5.69 Å². The van der Waals surface area contributed by atoms with Crippen LogP contribution >= 0.6 is 0 Å². The highest BCUT2D eigenvalue weighted by Gasteiger charge is 2.17. The van der Waals surface area contributed by atoms with E-state index in [1.807, 2.05) is 6.92 Å². The van der Waals surface area contributed by atoms with Crippen LogP contribution in [-0.4, -0.2) is 29.6 Å². The van der Waals surface area contributed by atoms with Crippen molar-refractivity contribution in [2.75, 3.05) is 6.54 Å². The number of esters is 1. The first kappa shape index (κ1) is 21.1. The van der Waals surface area contributed by atoms with Gasteiger partial charge >= 0.3 is 5.97 Å². The lowest BCUT2D eigenvalue weighted by molar-refractivity contribution is -0.384. The molecule has 140 valence electrons. The highest BCUT2D eigenvalue weighted by molar-refractivity contribution is 5.89. The Labute approximate surface area is 150 Å². The van der Waals surface area contributed by atoms with Gasteiger partial charge in [-0.05, 0) is 43.7 Å². The normalized spacial score (nSPS) is 12.6. The zero-order valence-electron chi connectivity index (χ0n) is 15.8. The Kier molecular flexibility index (Phi) is 8.55. The van der Waals surface area contributed by atoms with Crippen molar-refractivity contribution in [3.63, 3.8) is 0 Å². The molecule has 0 saturated carbocycles. The Morgan fingerprint density at radius 1 is 1.08 bits per heavy atom. The van der Waals surface area contributed by atoms with Crippen LogP contribution in [0.25, 0.3) is 0 Å². The molecule has 0 amide bonds. The Morgan fingerprint density at radius 2 is 1.60 bits per heavy atom. The van der Waals surface area contributed by atoms with Gasteiger partial charge in [0.15, 0.2) is 0 Å². The zero-order chi connectivity index (χ0) is 19.0. The molecule has 0 aromatic heterocycles. The first-order chi connectivity index (χ1) is 11.7. The molecule has 0 unspecified atom stereocenters. The fourth-order valence-electron chi connectivity index (χ4n) is 2.75. The molecule has 0 aliphatic carbocycles. The van der Waals surface area contributed by atoms with Gasteiger partial charge in [-0.1, -0.05) is 27.7 Å². The summed E-state index contributed by atoms with van der Waals surface area (Å²) in [6.45, 7) is 11.2. The lowest BCUT2D eigenvalue weighted by Gasteiger charge is -2.24. The van der Waals surface area contributed by atoms with E-state index in [1.54, 1.807) is 0 Å². The smallest absolute Gasteiger partial charge is 0.338 e. The van der Waals surface area contributed by atoms with Crippen molar-refractivity contribution in [1.29, 1.82) is 0 Å². The molecule has 6 nitrogen and oxygen atoms in total. The van der Waals surface area contributed by atoms with E-state index in [4.69, 9.17) is 4.74 Å². The predicted octanol–water partition coefficient (Wildman–Crippen LogP) is 4.19. The summed E-state index contributed by atoms with van der Waals surface area (Å²) in [6, 6.07) is 5.85. The summed E-state index contributed by atoms with van der Waals surface area (Å²) in [5, 5.41) is 14.1. The van der Waals surface area contributed by atoms with Crippen molar-refractivity contribution in [2.45, 2.75) is 59.6 Å². The van der Waals surface area contributed by atoms with E-state index < -0.39 is 10.9 Å². The lowest BCUT2D eigenvalue weighted by atomic mass is 9.95. The predicted molar refractivity (Wildman–Crippen MR) is 98.7 cm³/mol. The third kappa shape index (κ3) is 8.12. The molecule has 25 heavy (non-hydrogen) atoms. The summed E-state index contributed by atoms with van der Waals surface area (Å²) >= 11 is 0. The monoisotopic (exact) mass is 350 g/mol. The molecular formula is C19H30N2O4. The summed E-state index contributed by atoms with van der Waals surface area (Å²) in [6.07, 6.45) is 1.90. The maximum absolute atomic E-state index is 12.1. The molecule has 1 rings (SSSR count). The molecular weight excluding hydrogens is 320 g/mol. The molecule has 0 aliphatic rings. The molecule has 1 N–H and O–H groups in total. The molecule has 0 radical (unpaired) electrons. The number of hydrogen-bond acceptors (Lipinski definition) is 5. The van der Waals surface area contributed by atoms with Crippen LogP contribution in [0.3, 0.4) is 0 Å².